The van der Waals surface area contributed by atoms with Crippen molar-refractivity contribution >= 4 is 21.4 Å². The fraction of sp³-hybridized carbons (Fsp3) is 0.632. The highest BCUT2D eigenvalue weighted by atomic mass is 32.2. The average Bonchev–Trinajstić information content (AvgIpc) is 2.65. The minimum Gasteiger partial charge on any atom is -0.488 e. The predicted molar refractivity (Wildman–Crippen MR) is 104 cm³/mol. The summed E-state index contributed by atoms with van der Waals surface area (Å²) in [5, 5.41) is 15.9. The van der Waals surface area contributed by atoms with Crippen molar-refractivity contribution in [3.63, 3.8) is 0 Å². The molecular weight excluding hydrogens is 368 g/mol. The van der Waals surface area contributed by atoms with Gasteiger partial charge in [-0.05, 0) is 69.5 Å². The molecule has 1 aliphatic carbocycles. The van der Waals surface area contributed by atoms with Crippen LogP contribution in [-0.4, -0.2) is 55.7 Å². The zero-order valence-corrected chi connectivity index (χ0v) is 16.4. The SMILES string of the molecule is CS(=O)(=O)C1(C(=O)Nc2ccc(OC3CCCCC3O)cc2)CCNCC1. The summed E-state index contributed by atoms with van der Waals surface area (Å²) in [4.78, 5) is 12.8. The van der Waals surface area contributed by atoms with Gasteiger partial charge < -0.3 is 20.5 Å². The standard InChI is InChI=1S/C19H28N2O5S/c1-27(24,25)19(10-12-20-13-11-19)18(23)21-14-6-8-15(9-7-14)26-17-5-3-2-4-16(17)22/h6-9,16-17,20,22H,2-5,10-13H2,1H3,(H,21,23). The lowest BCUT2D eigenvalue weighted by molar-refractivity contribution is -0.119. The van der Waals surface area contributed by atoms with Gasteiger partial charge in [-0.2, -0.15) is 0 Å². The van der Waals surface area contributed by atoms with Crippen molar-refractivity contribution in [2.45, 2.75) is 55.5 Å². The number of anilines is 1. The topological polar surface area (TPSA) is 105 Å². The summed E-state index contributed by atoms with van der Waals surface area (Å²) in [6, 6.07) is 6.85. The Bertz CT molecular complexity index is 757. The first-order chi connectivity index (χ1) is 12.8. The smallest absolute Gasteiger partial charge is 0.245 e. The molecule has 2 fully saturated rings. The van der Waals surface area contributed by atoms with Gasteiger partial charge in [0.1, 0.15) is 11.9 Å². The van der Waals surface area contributed by atoms with Crippen LogP contribution >= 0.6 is 0 Å². The van der Waals surface area contributed by atoms with Crippen LogP contribution in [0.1, 0.15) is 38.5 Å². The molecule has 1 heterocycles. The van der Waals surface area contributed by atoms with E-state index in [9.17, 15) is 18.3 Å². The number of nitrogens with one attached hydrogen (secondary N) is 2. The number of carbonyl (C=O) groups excluding carboxylic acids is 1. The third-order valence-electron chi connectivity index (χ3n) is 5.60. The molecule has 1 aromatic carbocycles. The molecule has 2 unspecified atom stereocenters. The largest absolute Gasteiger partial charge is 0.488 e. The second-order valence-corrected chi connectivity index (χ2v) is 9.83. The first-order valence-corrected chi connectivity index (χ1v) is 11.4. The Balaban J connectivity index is 1.67. The molecule has 2 aliphatic rings. The first kappa shape index (κ1) is 20.1. The molecule has 1 aliphatic heterocycles. The molecule has 27 heavy (non-hydrogen) atoms. The molecule has 0 spiro atoms. The van der Waals surface area contributed by atoms with E-state index in [4.69, 9.17) is 4.74 Å². The summed E-state index contributed by atoms with van der Waals surface area (Å²) < 4.78 is 29.1. The number of aliphatic hydroxyl groups is 1. The van der Waals surface area contributed by atoms with Crippen molar-refractivity contribution in [1.29, 1.82) is 0 Å². The number of rotatable bonds is 5. The summed E-state index contributed by atoms with van der Waals surface area (Å²) in [6.45, 7) is 0.994. The van der Waals surface area contributed by atoms with Gasteiger partial charge in [-0.15, -0.1) is 0 Å². The van der Waals surface area contributed by atoms with Crippen molar-refractivity contribution in [3.8, 4) is 5.75 Å². The first-order valence-electron chi connectivity index (χ1n) is 9.48. The summed E-state index contributed by atoms with van der Waals surface area (Å²) in [5.74, 6) is 0.140. The summed E-state index contributed by atoms with van der Waals surface area (Å²) in [7, 11) is -3.54. The third kappa shape index (κ3) is 4.44. The molecule has 0 bridgehead atoms. The van der Waals surface area contributed by atoms with Crippen molar-refractivity contribution in [2.75, 3.05) is 24.7 Å². The van der Waals surface area contributed by atoms with Gasteiger partial charge in [0.05, 0.1) is 6.10 Å². The number of benzene rings is 1. The van der Waals surface area contributed by atoms with Crippen LogP contribution in [0.3, 0.4) is 0 Å². The van der Waals surface area contributed by atoms with Crippen LogP contribution in [0.5, 0.6) is 5.75 Å². The van der Waals surface area contributed by atoms with E-state index in [1.54, 1.807) is 24.3 Å². The third-order valence-corrected chi connectivity index (χ3v) is 7.62. The number of aliphatic hydroxyl groups excluding tert-OH is 1. The molecule has 3 rings (SSSR count). The number of piperidine rings is 1. The Morgan fingerprint density at radius 1 is 1.19 bits per heavy atom. The predicted octanol–water partition coefficient (Wildman–Crippen LogP) is 1.47. The van der Waals surface area contributed by atoms with Crippen molar-refractivity contribution in [1.82, 2.24) is 5.32 Å². The minimum atomic E-state index is -3.54. The monoisotopic (exact) mass is 396 g/mol. The van der Waals surface area contributed by atoms with Crippen LogP contribution in [0.2, 0.25) is 0 Å². The highest BCUT2D eigenvalue weighted by Crippen LogP contribution is 2.30. The van der Waals surface area contributed by atoms with Gasteiger partial charge in [-0.25, -0.2) is 8.42 Å². The molecule has 2 atom stereocenters. The van der Waals surface area contributed by atoms with Crippen LogP contribution in [0.25, 0.3) is 0 Å². The molecule has 3 N–H and O–H groups in total. The number of ether oxygens (including phenoxy) is 1. The number of sulfone groups is 1. The minimum absolute atomic E-state index is 0.206. The van der Waals surface area contributed by atoms with Crippen molar-refractivity contribution in [2.24, 2.45) is 0 Å². The van der Waals surface area contributed by atoms with Gasteiger partial charge in [0, 0.05) is 11.9 Å². The van der Waals surface area contributed by atoms with Crippen molar-refractivity contribution in [3.05, 3.63) is 24.3 Å². The van der Waals surface area contributed by atoms with Gasteiger partial charge >= 0.3 is 0 Å². The molecule has 1 saturated heterocycles. The second-order valence-electron chi connectivity index (χ2n) is 7.50. The Kier molecular flexibility index (Phi) is 6.08. The number of hydrogen-bond acceptors (Lipinski definition) is 6. The van der Waals surface area contributed by atoms with E-state index in [1.807, 2.05) is 0 Å². The van der Waals surface area contributed by atoms with Crippen LogP contribution in [0, 0.1) is 0 Å². The van der Waals surface area contributed by atoms with Gasteiger partial charge in [0.15, 0.2) is 14.6 Å². The van der Waals surface area contributed by atoms with Gasteiger partial charge in [-0.3, -0.25) is 4.79 Å². The maximum absolute atomic E-state index is 12.8. The number of hydrogen-bond donors (Lipinski definition) is 3. The normalized spacial score (nSPS) is 25.6. The zero-order valence-electron chi connectivity index (χ0n) is 15.6. The Morgan fingerprint density at radius 2 is 1.81 bits per heavy atom. The van der Waals surface area contributed by atoms with Gasteiger partial charge in [0.2, 0.25) is 5.91 Å². The summed E-state index contributed by atoms with van der Waals surface area (Å²) in [6.07, 6.45) is 4.63. The molecule has 0 radical (unpaired) electrons. The molecule has 8 heteroatoms. The lowest BCUT2D eigenvalue weighted by atomic mass is 9.95. The molecule has 150 valence electrons. The van der Waals surface area contributed by atoms with Crippen LogP contribution in [0.4, 0.5) is 5.69 Å². The molecule has 1 amide bonds. The molecule has 0 aromatic heterocycles. The van der Waals surface area contributed by atoms with E-state index in [1.165, 1.54) is 0 Å². The van der Waals surface area contributed by atoms with E-state index in [0.717, 1.165) is 31.9 Å². The zero-order chi connectivity index (χ0) is 19.5. The number of amides is 1. The van der Waals surface area contributed by atoms with Gasteiger partial charge in [0.25, 0.3) is 0 Å². The summed E-state index contributed by atoms with van der Waals surface area (Å²) >= 11 is 0. The Hall–Kier alpha value is -1.64. The van der Waals surface area contributed by atoms with Gasteiger partial charge in [-0.1, -0.05) is 6.42 Å². The Labute approximate surface area is 160 Å². The van der Waals surface area contributed by atoms with Crippen molar-refractivity contribution < 1.29 is 23.1 Å². The highest BCUT2D eigenvalue weighted by Gasteiger charge is 2.48. The molecular formula is C19H28N2O5S. The van der Waals surface area contributed by atoms with Crippen LogP contribution in [0.15, 0.2) is 24.3 Å². The molecule has 1 aromatic rings. The number of carbonyl (C=O) groups is 1. The molecule has 7 nitrogen and oxygen atoms in total. The fourth-order valence-electron chi connectivity index (χ4n) is 3.85. The average molecular weight is 397 g/mol. The summed E-state index contributed by atoms with van der Waals surface area (Å²) in [5.41, 5.74) is 0.526. The second kappa shape index (κ2) is 8.16. The fourth-order valence-corrected chi connectivity index (χ4v) is 5.18. The van der Waals surface area contributed by atoms with Crippen LogP contribution in [-0.2, 0) is 14.6 Å². The van der Waals surface area contributed by atoms with E-state index < -0.39 is 26.6 Å². The molecule has 1 saturated carbocycles. The van der Waals surface area contributed by atoms with E-state index in [0.29, 0.717) is 24.5 Å². The van der Waals surface area contributed by atoms with E-state index in [-0.39, 0.29) is 18.9 Å². The van der Waals surface area contributed by atoms with Crippen LogP contribution < -0.4 is 15.4 Å². The van der Waals surface area contributed by atoms with E-state index in [2.05, 4.69) is 10.6 Å². The maximum atomic E-state index is 12.8. The Morgan fingerprint density at radius 3 is 2.41 bits per heavy atom. The lowest BCUT2D eigenvalue weighted by Crippen LogP contribution is -2.55. The highest BCUT2D eigenvalue weighted by molar-refractivity contribution is 7.92. The van der Waals surface area contributed by atoms with E-state index >= 15 is 0 Å². The lowest BCUT2D eigenvalue weighted by Gasteiger charge is -2.34. The quantitative estimate of drug-likeness (QED) is 0.696. The maximum Gasteiger partial charge on any atom is 0.245 e.